The van der Waals surface area contributed by atoms with Crippen LogP contribution in [0.1, 0.15) is 39.5 Å². The number of carbonyl (C=O) groups excluding carboxylic acids is 1. The van der Waals surface area contributed by atoms with E-state index in [-0.39, 0.29) is 34.8 Å². The summed E-state index contributed by atoms with van der Waals surface area (Å²) in [6.07, 6.45) is -4.51. The minimum Gasteiger partial charge on any atom is -0.267 e. The van der Waals surface area contributed by atoms with Gasteiger partial charge in [0.1, 0.15) is 5.82 Å². The third-order valence-corrected chi connectivity index (χ3v) is 8.29. The minimum atomic E-state index is -4.51. The van der Waals surface area contributed by atoms with E-state index in [4.69, 9.17) is 11.6 Å². The van der Waals surface area contributed by atoms with Crippen LogP contribution in [0.5, 0.6) is 0 Å². The Balaban J connectivity index is 1.51. The quantitative estimate of drug-likeness (QED) is 0.124. The standard InChI is InChI=1S/C30H24ClF4N3O3S/c1-20(24-3-2-4-25(17-24)30(33,34)35)36-37-29(39)23-9-5-21(6-10-23)18-38(19-22-7-13-27(32)14-8-22)42(40,41)28-15-11-26(31)12-16-28/h2-17H,18-19H2,1H3,(H,37,39). The number of alkyl halides is 3. The Hall–Kier alpha value is -4.06. The number of carbonyl (C=O) groups is 1. The number of sulfonamides is 1. The number of benzene rings is 4. The molecule has 0 unspecified atom stereocenters. The van der Waals surface area contributed by atoms with Gasteiger partial charge >= 0.3 is 6.18 Å². The molecule has 0 spiro atoms. The molecule has 0 saturated carbocycles. The van der Waals surface area contributed by atoms with Gasteiger partial charge in [-0.1, -0.05) is 48.0 Å². The lowest BCUT2D eigenvalue weighted by atomic mass is 10.1. The average molecular weight is 618 g/mol. The van der Waals surface area contributed by atoms with E-state index in [1.54, 1.807) is 12.1 Å². The number of halogens is 5. The number of nitrogens with zero attached hydrogens (tertiary/aromatic N) is 2. The number of hydrogen-bond donors (Lipinski definition) is 1. The Morgan fingerprint density at radius 3 is 2.00 bits per heavy atom. The maximum atomic E-state index is 13.5. The van der Waals surface area contributed by atoms with E-state index in [1.165, 1.54) is 84.0 Å². The molecule has 0 aliphatic rings. The van der Waals surface area contributed by atoms with E-state index in [0.717, 1.165) is 12.1 Å². The summed E-state index contributed by atoms with van der Waals surface area (Å²) in [5.74, 6) is -1.06. The second kappa shape index (κ2) is 12.8. The predicted molar refractivity (Wildman–Crippen MR) is 152 cm³/mol. The largest absolute Gasteiger partial charge is 0.416 e. The second-order valence-electron chi connectivity index (χ2n) is 9.27. The number of hydrazone groups is 1. The molecule has 0 atom stereocenters. The van der Waals surface area contributed by atoms with Gasteiger partial charge in [0.2, 0.25) is 10.0 Å². The number of rotatable bonds is 9. The van der Waals surface area contributed by atoms with Crippen LogP contribution in [0.2, 0.25) is 5.02 Å². The molecule has 0 heterocycles. The smallest absolute Gasteiger partial charge is 0.267 e. The van der Waals surface area contributed by atoms with Crippen LogP contribution in [0.4, 0.5) is 17.6 Å². The fourth-order valence-corrected chi connectivity index (χ4v) is 5.47. The lowest BCUT2D eigenvalue weighted by Gasteiger charge is -2.23. The van der Waals surface area contributed by atoms with Crippen LogP contribution in [0, 0.1) is 5.82 Å². The maximum absolute atomic E-state index is 13.5. The summed E-state index contributed by atoms with van der Waals surface area (Å²) in [7, 11) is -3.99. The first-order chi connectivity index (χ1) is 19.8. The van der Waals surface area contributed by atoms with Gasteiger partial charge in [0.25, 0.3) is 5.91 Å². The molecule has 42 heavy (non-hydrogen) atoms. The summed E-state index contributed by atoms with van der Waals surface area (Å²) in [5, 5.41) is 4.29. The minimum absolute atomic E-state index is 0.0269. The highest BCUT2D eigenvalue weighted by Gasteiger charge is 2.30. The highest BCUT2D eigenvalue weighted by molar-refractivity contribution is 7.89. The number of amides is 1. The Bertz CT molecular complexity index is 1690. The molecule has 0 bridgehead atoms. The van der Waals surface area contributed by atoms with Crippen molar-refractivity contribution in [2.45, 2.75) is 31.1 Å². The molecule has 1 N–H and O–H groups in total. The topological polar surface area (TPSA) is 78.8 Å². The molecule has 4 aromatic rings. The zero-order valence-electron chi connectivity index (χ0n) is 22.1. The SMILES string of the molecule is CC(=NNC(=O)c1ccc(CN(Cc2ccc(F)cc2)S(=O)(=O)c2ccc(Cl)cc2)cc1)c1cccc(C(F)(F)F)c1. The molecule has 218 valence electrons. The van der Waals surface area contributed by atoms with Gasteiger partial charge in [-0.15, -0.1) is 0 Å². The first-order valence-corrected chi connectivity index (χ1v) is 14.3. The van der Waals surface area contributed by atoms with E-state index in [1.807, 2.05) is 0 Å². The summed E-state index contributed by atoms with van der Waals surface area (Å²) < 4.78 is 80.7. The first-order valence-electron chi connectivity index (χ1n) is 12.4. The summed E-state index contributed by atoms with van der Waals surface area (Å²) >= 11 is 5.92. The monoisotopic (exact) mass is 617 g/mol. The molecule has 12 heteroatoms. The Labute approximate surface area is 245 Å². The van der Waals surface area contributed by atoms with Crippen molar-refractivity contribution in [3.8, 4) is 0 Å². The zero-order valence-corrected chi connectivity index (χ0v) is 23.6. The van der Waals surface area contributed by atoms with Crippen LogP contribution in [0.15, 0.2) is 107 Å². The Morgan fingerprint density at radius 1 is 0.857 bits per heavy atom. The first kappa shape index (κ1) is 30.9. The Kier molecular flexibility index (Phi) is 9.45. The lowest BCUT2D eigenvalue weighted by Crippen LogP contribution is -2.30. The third kappa shape index (κ3) is 7.81. The van der Waals surface area contributed by atoms with Gasteiger partial charge in [-0.2, -0.15) is 22.6 Å². The molecular formula is C30H24ClF4N3O3S. The van der Waals surface area contributed by atoms with Crippen LogP contribution in [0.25, 0.3) is 0 Å². The zero-order chi connectivity index (χ0) is 30.5. The van der Waals surface area contributed by atoms with Crippen molar-refractivity contribution < 1.29 is 30.8 Å². The molecule has 0 aliphatic carbocycles. The molecule has 4 aromatic carbocycles. The molecule has 0 aromatic heterocycles. The van der Waals surface area contributed by atoms with Crippen LogP contribution in [0.3, 0.4) is 0 Å². The van der Waals surface area contributed by atoms with Gasteiger partial charge in [0, 0.05) is 23.7 Å². The van der Waals surface area contributed by atoms with E-state index < -0.39 is 33.5 Å². The van der Waals surface area contributed by atoms with Crippen molar-refractivity contribution in [3.05, 3.63) is 136 Å². The fourth-order valence-electron chi connectivity index (χ4n) is 3.92. The summed E-state index contributed by atoms with van der Waals surface area (Å²) in [6, 6.07) is 21.9. The van der Waals surface area contributed by atoms with Crippen molar-refractivity contribution in [3.63, 3.8) is 0 Å². The fraction of sp³-hybridized carbons (Fsp3) is 0.133. The van der Waals surface area contributed by atoms with Crippen molar-refractivity contribution in [2.24, 2.45) is 5.10 Å². The second-order valence-corrected chi connectivity index (χ2v) is 11.6. The molecule has 4 rings (SSSR count). The summed E-state index contributed by atoms with van der Waals surface area (Å²) in [4.78, 5) is 12.7. The molecule has 0 radical (unpaired) electrons. The van der Waals surface area contributed by atoms with Crippen molar-refractivity contribution >= 4 is 33.2 Å². The number of nitrogens with one attached hydrogen (secondary N) is 1. The molecule has 0 fully saturated rings. The van der Waals surface area contributed by atoms with Crippen molar-refractivity contribution in [2.75, 3.05) is 0 Å². The summed E-state index contributed by atoms with van der Waals surface area (Å²) in [6.45, 7) is 1.36. The maximum Gasteiger partial charge on any atom is 0.416 e. The predicted octanol–water partition coefficient (Wildman–Crippen LogP) is 7.04. The van der Waals surface area contributed by atoms with Gasteiger partial charge in [0.05, 0.1) is 16.2 Å². The van der Waals surface area contributed by atoms with Crippen LogP contribution >= 0.6 is 11.6 Å². The van der Waals surface area contributed by atoms with E-state index >= 15 is 0 Å². The van der Waals surface area contributed by atoms with Gasteiger partial charge in [-0.25, -0.2) is 18.2 Å². The van der Waals surface area contributed by atoms with Crippen molar-refractivity contribution in [1.29, 1.82) is 0 Å². The normalized spacial score (nSPS) is 12.4. The summed E-state index contributed by atoms with van der Waals surface area (Å²) in [5.41, 5.74) is 3.20. The Morgan fingerprint density at radius 2 is 1.43 bits per heavy atom. The molecule has 0 aliphatic heterocycles. The highest BCUT2D eigenvalue weighted by atomic mass is 35.5. The lowest BCUT2D eigenvalue weighted by molar-refractivity contribution is -0.137. The molecule has 6 nitrogen and oxygen atoms in total. The van der Waals surface area contributed by atoms with E-state index in [9.17, 15) is 30.8 Å². The average Bonchev–Trinajstić information content (AvgIpc) is 2.96. The van der Waals surface area contributed by atoms with Crippen LogP contribution in [-0.2, 0) is 29.3 Å². The highest BCUT2D eigenvalue weighted by Crippen LogP contribution is 2.29. The van der Waals surface area contributed by atoms with Crippen LogP contribution < -0.4 is 5.43 Å². The van der Waals surface area contributed by atoms with Crippen LogP contribution in [-0.4, -0.2) is 24.3 Å². The van der Waals surface area contributed by atoms with Crippen molar-refractivity contribution in [1.82, 2.24) is 9.73 Å². The van der Waals surface area contributed by atoms with Gasteiger partial charge < -0.3 is 0 Å². The van der Waals surface area contributed by atoms with E-state index in [2.05, 4.69) is 10.5 Å². The van der Waals surface area contributed by atoms with Gasteiger partial charge in [-0.05, 0) is 84.3 Å². The molecule has 0 saturated heterocycles. The van der Waals surface area contributed by atoms with E-state index in [0.29, 0.717) is 16.1 Å². The molecule has 1 amide bonds. The van der Waals surface area contributed by atoms with Gasteiger partial charge in [-0.3, -0.25) is 4.79 Å². The van der Waals surface area contributed by atoms with Gasteiger partial charge in [0.15, 0.2) is 0 Å². The number of hydrogen-bond acceptors (Lipinski definition) is 4. The molecular weight excluding hydrogens is 594 g/mol. The third-order valence-electron chi connectivity index (χ3n) is 6.23.